The number of hydrogen-bond acceptors (Lipinski definition) is 3. The lowest BCUT2D eigenvalue weighted by molar-refractivity contribution is -0.122. The number of piperidine rings is 1. The number of nitrogens with zero attached hydrogens (tertiary/aromatic N) is 1. The van der Waals surface area contributed by atoms with Gasteiger partial charge in [-0.15, -0.1) is 0 Å². The molecule has 4 heteroatoms. The minimum Gasteiger partial charge on any atom is -0.352 e. The molecule has 0 radical (unpaired) electrons. The quantitative estimate of drug-likeness (QED) is 0.731. The first-order valence-corrected chi connectivity index (χ1v) is 7.55. The summed E-state index contributed by atoms with van der Waals surface area (Å²) in [7, 11) is 0. The van der Waals surface area contributed by atoms with Gasteiger partial charge in [0.25, 0.3) is 0 Å². The summed E-state index contributed by atoms with van der Waals surface area (Å²) in [5.41, 5.74) is 0. The Hall–Kier alpha value is -0.610. The molecule has 4 nitrogen and oxygen atoms in total. The number of carbonyl (C=O) groups is 1. The van der Waals surface area contributed by atoms with Crippen LogP contribution >= 0.6 is 0 Å². The second-order valence-electron chi connectivity index (χ2n) is 6.20. The number of rotatable bonds is 6. The predicted molar refractivity (Wildman–Crippen MR) is 71.4 cm³/mol. The van der Waals surface area contributed by atoms with Crippen molar-refractivity contribution < 1.29 is 4.79 Å². The highest BCUT2D eigenvalue weighted by atomic mass is 16.2. The molecule has 1 amide bonds. The Morgan fingerprint density at radius 1 is 1.11 bits per heavy atom. The van der Waals surface area contributed by atoms with Crippen LogP contribution in [0.3, 0.4) is 0 Å². The van der Waals surface area contributed by atoms with Crippen molar-refractivity contribution in [1.29, 1.82) is 0 Å². The molecule has 3 aliphatic rings. The lowest BCUT2D eigenvalue weighted by Gasteiger charge is -2.29. The summed E-state index contributed by atoms with van der Waals surface area (Å²) in [6, 6.07) is 1.20. The first kappa shape index (κ1) is 12.4. The van der Waals surface area contributed by atoms with Gasteiger partial charge in [-0.2, -0.15) is 0 Å². The van der Waals surface area contributed by atoms with Gasteiger partial charge in [0.05, 0.1) is 6.54 Å². The van der Waals surface area contributed by atoms with Gasteiger partial charge in [-0.3, -0.25) is 9.69 Å². The summed E-state index contributed by atoms with van der Waals surface area (Å²) in [4.78, 5) is 14.4. The largest absolute Gasteiger partial charge is 0.352 e. The molecule has 0 aromatic carbocycles. The van der Waals surface area contributed by atoms with E-state index < -0.39 is 0 Å². The molecule has 0 aromatic heterocycles. The van der Waals surface area contributed by atoms with Crippen LogP contribution < -0.4 is 10.6 Å². The fraction of sp³-hybridized carbons (Fsp3) is 0.929. The van der Waals surface area contributed by atoms with Crippen LogP contribution in [0.25, 0.3) is 0 Å². The standard InChI is InChI=1S/C14H25N3O/c18-14(16-12-1-2-12)10-17(13-3-4-13)9-11-5-7-15-8-6-11/h11-13,15H,1-10H2,(H,16,18). The third-order valence-corrected chi connectivity index (χ3v) is 4.30. The lowest BCUT2D eigenvalue weighted by atomic mass is 9.97. The van der Waals surface area contributed by atoms with Crippen molar-refractivity contribution >= 4 is 5.91 Å². The van der Waals surface area contributed by atoms with Gasteiger partial charge < -0.3 is 10.6 Å². The average Bonchev–Trinajstić information content (AvgIpc) is 3.24. The Morgan fingerprint density at radius 3 is 2.44 bits per heavy atom. The van der Waals surface area contributed by atoms with Crippen molar-refractivity contribution in [3.8, 4) is 0 Å². The van der Waals surface area contributed by atoms with Crippen LogP contribution in [0.2, 0.25) is 0 Å². The fourth-order valence-corrected chi connectivity index (χ4v) is 2.86. The molecule has 0 aromatic rings. The van der Waals surface area contributed by atoms with Gasteiger partial charge >= 0.3 is 0 Å². The van der Waals surface area contributed by atoms with Crippen LogP contribution in [-0.4, -0.2) is 49.1 Å². The second kappa shape index (κ2) is 5.57. The van der Waals surface area contributed by atoms with Crippen molar-refractivity contribution in [1.82, 2.24) is 15.5 Å². The highest BCUT2D eigenvalue weighted by molar-refractivity contribution is 5.78. The van der Waals surface area contributed by atoms with Gasteiger partial charge in [0, 0.05) is 18.6 Å². The molecule has 18 heavy (non-hydrogen) atoms. The monoisotopic (exact) mass is 251 g/mol. The Labute approximate surface area is 109 Å². The molecule has 0 atom stereocenters. The Balaban J connectivity index is 1.46. The van der Waals surface area contributed by atoms with Crippen LogP contribution in [0.15, 0.2) is 0 Å². The molecule has 0 bridgehead atoms. The molecule has 0 unspecified atom stereocenters. The van der Waals surface area contributed by atoms with Crippen molar-refractivity contribution in [3.63, 3.8) is 0 Å². The molecule has 1 saturated heterocycles. The van der Waals surface area contributed by atoms with E-state index in [4.69, 9.17) is 0 Å². The van der Waals surface area contributed by atoms with Crippen molar-refractivity contribution in [3.05, 3.63) is 0 Å². The van der Waals surface area contributed by atoms with Gasteiger partial charge in [0.15, 0.2) is 0 Å². The Bertz CT molecular complexity index is 293. The summed E-state index contributed by atoms with van der Waals surface area (Å²) in [6.45, 7) is 4.06. The summed E-state index contributed by atoms with van der Waals surface area (Å²) in [5, 5.41) is 6.52. The molecule has 102 valence electrons. The van der Waals surface area contributed by atoms with Gasteiger partial charge in [-0.25, -0.2) is 0 Å². The predicted octanol–water partition coefficient (Wildman–Crippen LogP) is 0.729. The van der Waals surface area contributed by atoms with E-state index in [0.29, 0.717) is 18.6 Å². The molecule has 0 spiro atoms. The number of hydrogen-bond donors (Lipinski definition) is 2. The molecule has 1 aliphatic heterocycles. The third-order valence-electron chi connectivity index (χ3n) is 4.30. The minimum absolute atomic E-state index is 0.248. The van der Waals surface area contributed by atoms with Gasteiger partial charge in [-0.05, 0) is 57.5 Å². The Morgan fingerprint density at radius 2 is 1.83 bits per heavy atom. The summed E-state index contributed by atoms with van der Waals surface area (Å²) in [6.07, 6.45) is 7.50. The van der Waals surface area contributed by atoms with Gasteiger partial charge in [-0.1, -0.05) is 0 Å². The topological polar surface area (TPSA) is 44.4 Å². The van der Waals surface area contributed by atoms with Crippen LogP contribution in [-0.2, 0) is 4.79 Å². The van der Waals surface area contributed by atoms with E-state index in [1.165, 1.54) is 38.5 Å². The zero-order chi connectivity index (χ0) is 12.4. The van der Waals surface area contributed by atoms with Crippen LogP contribution in [0.1, 0.15) is 38.5 Å². The van der Waals surface area contributed by atoms with Crippen molar-refractivity contribution in [2.24, 2.45) is 5.92 Å². The average molecular weight is 251 g/mol. The molecule has 2 N–H and O–H groups in total. The lowest BCUT2D eigenvalue weighted by Crippen LogP contribution is -2.43. The number of carbonyl (C=O) groups excluding carboxylic acids is 1. The maximum Gasteiger partial charge on any atom is 0.234 e. The van der Waals surface area contributed by atoms with E-state index in [1.807, 2.05) is 0 Å². The summed E-state index contributed by atoms with van der Waals surface area (Å²) >= 11 is 0. The minimum atomic E-state index is 0.248. The summed E-state index contributed by atoms with van der Waals surface area (Å²) < 4.78 is 0. The Kier molecular flexibility index (Phi) is 3.85. The van der Waals surface area contributed by atoms with E-state index >= 15 is 0 Å². The normalized spacial score (nSPS) is 25.4. The van der Waals surface area contributed by atoms with Crippen molar-refractivity contribution in [2.75, 3.05) is 26.2 Å². The third kappa shape index (κ3) is 3.69. The van der Waals surface area contributed by atoms with E-state index in [1.54, 1.807) is 0 Å². The maximum atomic E-state index is 11.9. The first-order chi connectivity index (χ1) is 8.81. The van der Waals surface area contributed by atoms with Crippen LogP contribution in [0.5, 0.6) is 0 Å². The molecule has 2 saturated carbocycles. The smallest absolute Gasteiger partial charge is 0.234 e. The van der Waals surface area contributed by atoms with E-state index in [0.717, 1.165) is 25.6 Å². The molecule has 3 rings (SSSR count). The van der Waals surface area contributed by atoms with E-state index in [9.17, 15) is 4.79 Å². The van der Waals surface area contributed by atoms with E-state index in [2.05, 4.69) is 15.5 Å². The molecular weight excluding hydrogens is 226 g/mol. The number of nitrogens with one attached hydrogen (secondary N) is 2. The fourth-order valence-electron chi connectivity index (χ4n) is 2.86. The SMILES string of the molecule is O=C(CN(CC1CCNCC1)C1CC1)NC1CC1. The van der Waals surface area contributed by atoms with Crippen LogP contribution in [0, 0.1) is 5.92 Å². The molecule has 3 fully saturated rings. The zero-order valence-corrected chi connectivity index (χ0v) is 11.2. The first-order valence-electron chi connectivity index (χ1n) is 7.55. The second-order valence-corrected chi connectivity index (χ2v) is 6.20. The highest BCUT2D eigenvalue weighted by Gasteiger charge is 2.33. The molecular formula is C14H25N3O. The molecule has 1 heterocycles. The molecule has 2 aliphatic carbocycles. The highest BCUT2D eigenvalue weighted by Crippen LogP contribution is 2.28. The number of amides is 1. The van der Waals surface area contributed by atoms with Crippen LogP contribution in [0.4, 0.5) is 0 Å². The maximum absolute atomic E-state index is 11.9. The summed E-state index contributed by atoms with van der Waals surface area (Å²) in [5.74, 6) is 1.04. The van der Waals surface area contributed by atoms with E-state index in [-0.39, 0.29) is 5.91 Å². The van der Waals surface area contributed by atoms with Crippen molar-refractivity contribution in [2.45, 2.75) is 50.6 Å². The van der Waals surface area contributed by atoms with Gasteiger partial charge in [0.1, 0.15) is 0 Å². The zero-order valence-electron chi connectivity index (χ0n) is 11.2. The van der Waals surface area contributed by atoms with Gasteiger partial charge in [0.2, 0.25) is 5.91 Å².